The molecule has 5 nitrogen and oxygen atoms in total. The third-order valence-electron chi connectivity index (χ3n) is 1.66. The number of ether oxygens (including phenoxy) is 1. The zero-order valence-electron chi connectivity index (χ0n) is 8.73. The van der Waals surface area contributed by atoms with Gasteiger partial charge in [-0.05, 0) is 19.9 Å². The smallest absolute Gasteiger partial charge is 0.343 e. The lowest BCUT2D eigenvalue weighted by Crippen LogP contribution is -2.13. The summed E-state index contributed by atoms with van der Waals surface area (Å²) < 4.78 is 4.86. The van der Waals surface area contributed by atoms with Crippen LogP contribution < -0.4 is 5.73 Å². The molecule has 0 aliphatic rings. The minimum atomic E-state index is -0.497. The summed E-state index contributed by atoms with van der Waals surface area (Å²) in [6.07, 6.45) is 3.09. The van der Waals surface area contributed by atoms with Crippen molar-refractivity contribution in [1.29, 1.82) is 0 Å². The Hall–Kier alpha value is -1.91. The number of esters is 1. The molecule has 0 aliphatic heterocycles. The van der Waals surface area contributed by atoms with Gasteiger partial charge in [-0.2, -0.15) is 0 Å². The van der Waals surface area contributed by atoms with E-state index in [1.807, 2.05) is 0 Å². The van der Waals surface area contributed by atoms with Crippen molar-refractivity contribution in [3.63, 3.8) is 0 Å². The summed E-state index contributed by atoms with van der Waals surface area (Å²) in [6.45, 7) is 3.64. The van der Waals surface area contributed by atoms with Crippen molar-refractivity contribution in [3.8, 4) is 0 Å². The number of nitrogens with zero attached hydrogens (tertiary/aromatic N) is 2. The van der Waals surface area contributed by atoms with Crippen molar-refractivity contribution in [2.45, 2.75) is 13.8 Å². The fourth-order valence-electron chi connectivity index (χ4n) is 1.06. The summed E-state index contributed by atoms with van der Waals surface area (Å²) in [5.74, 6) is -0.209. The van der Waals surface area contributed by atoms with Crippen molar-refractivity contribution in [3.05, 3.63) is 30.0 Å². The van der Waals surface area contributed by atoms with Gasteiger partial charge in [0.25, 0.3) is 0 Å². The molecule has 2 N–H and O–H groups in total. The lowest BCUT2D eigenvalue weighted by atomic mass is 10.2. The molecule has 0 saturated heterocycles. The maximum Gasteiger partial charge on any atom is 0.343 e. The maximum absolute atomic E-state index is 11.5. The van der Waals surface area contributed by atoms with E-state index in [1.165, 1.54) is 0 Å². The van der Waals surface area contributed by atoms with Gasteiger partial charge in [0.1, 0.15) is 5.57 Å². The molecule has 1 aromatic rings. The number of allylic oxidation sites excluding steroid dienone is 1. The summed E-state index contributed by atoms with van der Waals surface area (Å²) in [5, 5.41) is 0. The fraction of sp³-hybridized carbons (Fsp3) is 0.300. The van der Waals surface area contributed by atoms with Crippen LogP contribution in [0.5, 0.6) is 0 Å². The molecule has 0 aromatic carbocycles. The minimum Gasteiger partial charge on any atom is -0.462 e. The quantitative estimate of drug-likeness (QED) is 0.584. The standard InChI is InChI=1S/C10H13N3O2/c1-3-15-10(14)8(7(2)11)9-12-5-4-6-13-9/h4-6H,3,11H2,1-2H3. The van der Waals surface area contributed by atoms with E-state index < -0.39 is 5.97 Å². The summed E-state index contributed by atoms with van der Waals surface area (Å²) in [4.78, 5) is 19.5. The highest BCUT2D eigenvalue weighted by Crippen LogP contribution is 2.13. The molecule has 0 fully saturated rings. The molecule has 0 amide bonds. The van der Waals surface area contributed by atoms with E-state index in [9.17, 15) is 4.79 Å². The van der Waals surface area contributed by atoms with Gasteiger partial charge in [0, 0.05) is 18.1 Å². The first-order valence-corrected chi connectivity index (χ1v) is 4.57. The second kappa shape index (κ2) is 5.09. The fourth-order valence-corrected chi connectivity index (χ4v) is 1.06. The van der Waals surface area contributed by atoms with Gasteiger partial charge in [0.2, 0.25) is 0 Å². The monoisotopic (exact) mass is 207 g/mol. The molecule has 1 aromatic heterocycles. The molecule has 0 bridgehead atoms. The second-order valence-corrected chi connectivity index (χ2v) is 2.85. The van der Waals surface area contributed by atoms with Gasteiger partial charge < -0.3 is 10.5 Å². The van der Waals surface area contributed by atoms with Crippen LogP contribution in [0.3, 0.4) is 0 Å². The molecule has 1 rings (SSSR count). The van der Waals surface area contributed by atoms with Crippen LogP contribution in [0.15, 0.2) is 24.2 Å². The number of carbonyl (C=O) groups excluding carboxylic acids is 1. The average Bonchev–Trinajstić information content (AvgIpc) is 2.19. The van der Waals surface area contributed by atoms with Crippen molar-refractivity contribution < 1.29 is 9.53 Å². The van der Waals surface area contributed by atoms with Crippen LogP contribution in [-0.2, 0) is 9.53 Å². The number of rotatable bonds is 3. The predicted octanol–water partition coefficient (Wildman–Crippen LogP) is 0.729. The zero-order chi connectivity index (χ0) is 11.3. The first-order valence-electron chi connectivity index (χ1n) is 4.57. The molecule has 15 heavy (non-hydrogen) atoms. The number of aromatic nitrogens is 2. The molecule has 5 heteroatoms. The SMILES string of the molecule is CCOC(=O)C(=C(C)N)c1ncccn1. The van der Waals surface area contributed by atoms with Gasteiger partial charge in [0.05, 0.1) is 6.61 Å². The third kappa shape index (κ3) is 2.77. The van der Waals surface area contributed by atoms with Crippen molar-refractivity contribution >= 4 is 11.5 Å². The molecular formula is C10H13N3O2. The second-order valence-electron chi connectivity index (χ2n) is 2.85. The van der Waals surface area contributed by atoms with E-state index in [4.69, 9.17) is 10.5 Å². The highest BCUT2D eigenvalue weighted by Gasteiger charge is 2.17. The molecule has 0 aliphatic carbocycles. The summed E-state index contributed by atoms with van der Waals surface area (Å²) >= 11 is 0. The van der Waals surface area contributed by atoms with Gasteiger partial charge >= 0.3 is 5.97 Å². The van der Waals surface area contributed by atoms with E-state index in [-0.39, 0.29) is 11.4 Å². The molecule has 0 unspecified atom stereocenters. The molecule has 0 saturated carbocycles. The Morgan fingerprint density at radius 3 is 2.53 bits per heavy atom. The van der Waals surface area contributed by atoms with E-state index in [1.54, 1.807) is 32.3 Å². The normalized spacial score (nSPS) is 11.9. The lowest BCUT2D eigenvalue weighted by molar-refractivity contribution is -0.136. The highest BCUT2D eigenvalue weighted by molar-refractivity contribution is 6.16. The van der Waals surface area contributed by atoms with Gasteiger partial charge in [-0.1, -0.05) is 0 Å². The molecule has 1 heterocycles. The molecule has 0 radical (unpaired) electrons. The van der Waals surface area contributed by atoms with Crippen molar-refractivity contribution in [2.24, 2.45) is 5.73 Å². The van der Waals surface area contributed by atoms with Crippen LogP contribution in [0, 0.1) is 0 Å². The minimum absolute atomic E-state index is 0.220. The first-order chi connectivity index (χ1) is 7.16. The van der Waals surface area contributed by atoms with E-state index in [0.717, 1.165) is 0 Å². The van der Waals surface area contributed by atoms with Gasteiger partial charge in [-0.15, -0.1) is 0 Å². The Morgan fingerprint density at radius 2 is 2.07 bits per heavy atom. The Kier molecular flexibility index (Phi) is 3.79. The van der Waals surface area contributed by atoms with E-state index in [0.29, 0.717) is 12.3 Å². The molecular weight excluding hydrogens is 194 g/mol. The third-order valence-corrected chi connectivity index (χ3v) is 1.66. The predicted molar refractivity (Wildman–Crippen MR) is 55.4 cm³/mol. The maximum atomic E-state index is 11.5. The topological polar surface area (TPSA) is 78.1 Å². The van der Waals surface area contributed by atoms with Crippen LogP contribution in [0.1, 0.15) is 19.7 Å². The van der Waals surface area contributed by atoms with Crippen molar-refractivity contribution in [2.75, 3.05) is 6.61 Å². The van der Waals surface area contributed by atoms with Crippen LogP contribution >= 0.6 is 0 Å². The van der Waals surface area contributed by atoms with Gasteiger partial charge in [-0.3, -0.25) is 0 Å². The van der Waals surface area contributed by atoms with Crippen LogP contribution in [0.25, 0.3) is 5.57 Å². The van der Waals surface area contributed by atoms with Crippen molar-refractivity contribution in [1.82, 2.24) is 9.97 Å². The number of nitrogens with two attached hydrogens (primary N) is 1. The zero-order valence-corrected chi connectivity index (χ0v) is 8.73. The number of hydrogen-bond acceptors (Lipinski definition) is 5. The van der Waals surface area contributed by atoms with Gasteiger partial charge in [-0.25, -0.2) is 14.8 Å². The Bertz CT molecular complexity index is 370. The lowest BCUT2D eigenvalue weighted by Gasteiger charge is -2.06. The molecule has 80 valence electrons. The van der Waals surface area contributed by atoms with Crippen LogP contribution in [0.2, 0.25) is 0 Å². The Morgan fingerprint density at radius 1 is 1.47 bits per heavy atom. The number of hydrogen-bond donors (Lipinski definition) is 1. The Balaban J connectivity index is 3.06. The summed E-state index contributed by atoms with van der Waals surface area (Å²) in [5.41, 5.74) is 6.17. The largest absolute Gasteiger partial charge is 0.462 e. The van der Waals surface area contributed by atoms with Crippen LogP contribution in [0.4, 0.5) is 0 Å². The summed E-state index contributed by atoms with van der Waals surface area (Å²) in [7, 11) is 0. The van der Waals surface area contributed by atoms with E-state index >= 15 is 0 Å². The van der Waals surface area contributed by atoms with E-state index in [2.05, 4.69) is 9.97 Å². The Labute approximate surface area is 88.0 Å². The van der Waals surface area contributed by atoms with Crippen LogP contribution in [-0.4, -0.2) is 22.5 Å². The first kappa shape index (κ1) is 11.2. The summed E-state index contributed by atoms with van der Waals surface area (Å²) in [6, 6.07) is 1.66. The molecule has 0 spiro atoms. The highest BCUT2D eigenvalue weighted by atomic mass is 16.5. The molecule has 0 atom stereocenters. The average molecular weight is 207 g/mol. The van der Waals surface area contributed by atoms with Gasteiger partial charge in [0.15, 0.2) is 5.82 Å². The number of carbonyl (C=O) groups is 1.